The Hall–Kier alpha value is -2.17. The number of hydrogen-bond donors (Lipinski definition) is 0. The fourth-order valence-electron chi connectivity index (χ4n) is 1.72. The van der Waals surface area contributed by atoms with E-state index in [-0.39, 0.29) is 25.4 Å². The third-order valence-electron chi connectivity index (χ3n) is 2.86. The van der Waals surface area contributed by atoms with E-state index in [2.05, 4.69) is 13.8 Å². The summed E-state index contributed by atoms with van der Waals surface area (Å²) in [4.78, 5) is 13.6. The molecule has 0 saturated carbocycles. The van der Waals surface area contributed by atoms with Crippen LogP contribution >= 0.6 is 0 Å². The van der Waals surface area contributed by atoms with Gasteiger partial charge in [-0.05, 0) is 11.5 Å². The van der Waals surface area contributed by atoms with Crippen molar-refractivity contribution >= 4 is 5.78 Å². The van der Waals surface area contributed by atoms with Gasteiger partial charge in [0.25, 0.3) is 0 Å². The van der Waals surface area contributed by atoms with Crippen molar-refractivity contribution in [3.8, 4) is 12.1 Å². The summed E-state index contributed by atoms with van der Waals surface area (Å²) in [6.07, 6.45) is 0. The van der Waals surface area contributed by atoms with E-state index in [9.17, 15) is 4.79 Å². The van der Waals surface area contributed by atoms with Gasteiger partial charge < -0.3 is 0 Å². The largest absolute Gasteiger partial charge is 0.293 e. The summed E-state index contributed by atoms with van der Waals surface area (Å²) >= 11 is 0. The van der Waals surface area contributed by atoms with Crippen molar-refractivity contribution in [2.24, 2.45) is 0 Å². The van der Waals surface area contributed by atoms with Gasteiger partial charge >= 0.3 is 0 Å². The molecule has 0 aromatic heterocycles. The molecule has 0 bridgehead atoms. The summed E-state index contributed by atoms with van der Waals surface area (Å²) in [7, 11) is 0. The minimum Gasteiger partial charge on any atom is -0.293 e. The van der Waals surface area contributed by atoms with Crippen LogP contribution in [0.3, 0.4) is 0 Å². The van der Waals surface area contributed by atoms with E-state index in [0.29, 0.717) is 11.5 Å². The molecule has 0 saturated heterocycles. The second-order valence-electron chi connectivity index (χ2n) is 4.66. The van der Waals surface area contributed by atoms with Gasteiger partial charge in [0.05, 0.1) is 31.8 Å². The van der Waals surface area contributed by atoms with E-state index in [1.54, 1.807) is 12.1 Å². The number of nitrogens with zero attached hydrogens (tertiary/aromatic N) is 3. The molecule has 1 rings (SSSR count). The molecule has 1 aromatic rings. The average molecular weight is 255 g/mol. The van der Waals surface area contributed by atoms with E-state index in [0.717, 1.165) is 0 Å². The number of carbonyl (C=O) groups excluding carboxylic acids is 1. The minimum absolute atomic E-state index is 0.0687. The number of hydrogen-bond acceptors (Lipinski definition) is 4. The highest BCUT2D eigenvalue weighted by atomic mass is 16.1. The van der Waals surface area contributed by atoms with Crippen molar-refractivity contribution in [1.82, 2.24) is 4.90 Å². The maximum absolute atomic E-state index is 12.0. The topological polar surface area (TPSA) is 67.9 Å². The zero-order chi connectivity index (χ0) is 14.3. The highest BCUT2D eigenvalue weighted by Crippen LogP contribution is 2.15. The van der Waals surface area contributed by atoms with Gasteiger partial charge in [-0.15, -0.1) is 0 Å². The first-order valence-electron chi connectivity index (χ1n) is 6.18. The number of nitriles is 2. The molecule has 0 aliphatic heterocycles. The summed E-state index contributed by atoms with van der Waals surface area (Å²) in [6, 6.07) is 11.4. The van der Waals surface area contributed by atoms with Crippen molar-refractivity contribution in [1.29, 1.82) is 10.5 Å². The molecule has 0 N–H and O–H groups in total. The summed E-state index contributed by atoms with van der Waals surface area (Å²) in [5, 5.41) is 17.3. The van der Waals surface area contributed by atoms with E-state index in [1.165, 1.54) is 10.5 Å². The van der Waals surface area contributed by atoms with Gasteiger partial charge in [0.2, 0.25) is 0 Å². The lowest BCUT2D eigenvalue weighted by Gasteiger charge is -2.14. The Labute approximate surface area is 113 Å². The van der Waals surface area contributed by atoms with Crippen LogP contribution in [0.25, 0.3) is 0 Å². The van der Waals surface area contributed by atoms with Crippen LogP contribution in [0, 0.1) is 22.7 Å². The first-order valence-corrected chi connectivity index (χ1v) is 6.18. The summed E-state index contributed by atoms with van der Waals surface area (Å²) in [5.41, 5.74) is 1.80. The lowest BCUT2D eigenvalue weighted by atomic mass is 10.0. The lowest BCUT2D eigenvalue weighted by molar-refractivity contribution is 0.0946. The predicted octanol–water partition coefficient (Wildman–Crippen LogP) is 2.34. The SMILES string of the molecule is CC(C)c1ccc(C(=O)CN(CC#N)CC#N)cc1. The predicted molar refractivity (Wildman–Crippen MR) is 72.5 cm³/mol. The number of carbonyl (C=O) groups is 1. The zero-order valence-electron chi connectivity index (χ0n) is 11.3. The first kappa shape index (κ1) is 14.9. The molecular formula is C15H17N3O. The molecule has 0 unspecified atom stereocenters. The fourth-order valence-corrected chi connectivity index (χ4v) is 1.72. The molecule has 98 valence electrons. The molecule has 0 heterocycles. The van der Waals surface area contributed by atoms with Crippen molar-refractivity contribution < 1.29 is 4.79 Å². The lowest BCUT2D eigenvalue weighted by Crippen LogP contribution is -2.30. The number of benzene rings is 1. The van der Waals surface area contributed by atoms with Crippen LogP contribution in [0.2, 0.25) is 0 Å². The minimum atomic E-state index is -0.0687. The van der Waals surface area contributed by atoms with Gasteiger partial charge in [-0.1, -0.05) is 38.1 Å². The second kappa shape index (κ2) is 7.31. The van der Waals surface area contributed by atoms with E-state index < -0.39 is 0 Å². The summed E-state index contributed by atoms with van der Waals surface area (Å²) in [6.45, 7) is 4.46. The standard InChI is InChI=1S/C15H17N3O/c1-12(2)13-3-5-14(6-4-13)15(19)11-18(9-7-16)10-8-17/h3-6,12H,9-11H2,1-2H3. The monoisotopic (exact) mass is 255 g/mol. The van der Waals surface area contributed by atoms with Crippen molar-refractivity contribution in [2.75, 3.05) is 19.6 Å². The Bertz CT molecular complexity index is 490. The second-order valence-corrected chi connectivity index (χ2v) is 4.66. The Morgan fingerprint density at radius 1 is 1.16 bits per heavy atom. The van der Waals surface area contributed by atoms with Crippen molar-refractivity contribution in [3.63, 3.8) is 0 Å². The maximum atomic E-state index is 12.0. The Balaban J connectivity index is 2.72. The molecule has 0 aliphatic rings. The molecular weight excluding hydrogens is 238 g/mol. The highest BCUT2D eigenvalue weighted by Gasteiger charge is 2.12. The van der Waals surface area contributed by atoms with Gasteiger partial charge in [-0.3, -0.25) is 9.69 Å². The molecule has 4 nitrogen and oxygen atoms in total. The Kier molecular flexibility index (Phi) is 5.73. The van der Waals surface area contributed by atoms with Gasteiger partial charge in [-0.25, -0.2) is 0 Å². The third-order valence-corrected chi connectivity index (χ3v) is 2.86. The highest BCUT2D eigenvalue weighted by molar-refractivity contribution is 5.97. The third kappa shape index (κ3) is 4.54. The number of rotatable bonds is 6. The van der Waals surface area contributed by atoms with Gasteiger partial charge in [0, 0.05) is 5.56 Å². The van der Waals surface area contributed by atoms with E-state index in [4.69, 9.17) is 10.5 Å². The molecule has 1 aromatic carbocycles. The molecule has 0 aliphatic carbocycles. The van der Waals surface area contributed by atoms with Gasteiger partial charge in [0.1, 0.15) is 0 Å². The maximum Gasteiger partial charge on any atom is 0.176 e. The number of ketones is 1. The van der Waals surface area contributed by atoms with Gasteiger partial charge in [-0.2, -0.15) is 10.5 Å². The Morgan fingerprint density at radius 3 is 2.11 bits per heavy atom. The van der Waals surface area contributed by atoms with Crippen molar-refractivity contribution in [3.05, 3.63) is 35.4 Å². The quantitative estimate of drug-likeness (QED) is 0.578. The molecule has 0 spiro atoms. The van der Waals surface area contributed by atoms with Crippen LogP contribution in [0.1, 0.15) is 35.7 Å². The smallest absolute Gasteiger partial charge is 0.176 e. The molecule has 0 radical (unpaired) electrons. The molecule has 0 atom stereocenters. The molecule has 0 fully saturated rings. The number of Topliss-reactive ketones (excluding diaryl/α,β-unsaturated/α-hetero) is 1. The van der Waals surface area contributed by atoms with Crippen LogP contribution in [0.4, 0.5) is 0 Å². The van der Waals surface area contributed by atoms with Crippen LogP contribution in [-0.4, -0.2) is 30.3 Å². The van der Waals surface area contributed by atoms with Crippen LogP contribution < -0.4 is 0 Å². The van der Waals surface area contributed by atoms with Crippen LogP contribution in [0.5, 0.6) is 0 Å². The summed E-state index contributed by atoms with van der Waals surface area (Å²) in [5.74, 6) is 0.360. The Morgan fingerprint density at radius 2 is 1.68 bits per heavy atom. The van der Waals surface area contributed by atoms with Crippen LogP contribution in [0.15, 0.2) is 24.3 Å². The van der Waals surface area contributed by atoms with E-state index in [1.807, 2.05) is 24.3 Å². The first-order chi connectivity index (χ1) is 9.08. The summed E-state index contributed by atoms with van der Waals surface area (Å²) < 4.78 is 0. The normalized spacial score (nSPS) is 10.2. The molecule has 19 heavy (non-hydrogen) atoms. The van der Waals surface area contributed by atoms with E-state index >= 15 is 0 Å². The average Bonchev–Trinajstić information content (AvgIpc) is 2.39. The molecule has 0 amide bonds. The fraction of sp³-hybridized carbons (Fsp3) is 0.400. The van der Waals surface area contributed by atoms with Gasteiger partial charge in [0.15, 0.2) is 5.78 Å². The molecule has 4 heteroatoms. The zero-order valence-corrected chi connectivity index (χ0v) is 11.3. The van der Waals surface area contributed by atoms with Crippen LogP contribution in [-0.2, 0) is 0 Å². The van der Waals surface area contributed by atoms with Crippen molar-refractivity contribution in [2.45, 2.75) is 19.8 Å².